The lowest BCUT2D eigenvalue weighted by atomic mass is 10.2. The van der Waals surface area contributed by atoms with E-state index in [-0.39, 0.29) is 18.4 Å². The molecule has 108 valence electrons. The summed E-state index contributed by atoms with van der Waals surface area (Å²) in [6.07, 6.45) is 1.02. The molecule has 0 radical (unpaired) electrons. The summed E-state index contributed by atoms with van der Waals surface area (Å²) < 4.78 is 26.1. The highest BCUT2D eigenvalue weighted by Crippen LogP contribution is 2.14. The lowest BCUT2D eigenvalue weighted by Crippen LogP contribution is -2.38. The van der Waals surface area contributed by atoms with Crippen molar-refractivity contribution in [3.8, 4) is 0 Å². The van der Waals surface area contributed by atoms with Crippen molar-refractivity contribution in [3.05, 3.63) is 35.9 Å². The summed E-state index contributed by atoms with van der Waals surface area (Å²) in [4.78, 5) is 0. The molecule has 1 N–H and O–H groups in total. The lowest BCUT2D eigenvalue weighted by Gasteiger charge is -2.26. The van der Waals surface area contributed by atoms with Gasteiger partial charge in [0.15, 0.2) is 0 Å². The molecule has 19 heavy (non-hydrogen) atoms. The molecule has 0 heterocycles. The van der Waals surface area contributed by atoms with Gasteiger partial charge in [-0.3, -0.25) is 0 Å². The van der Waals surface area contributed by atoms with E-state index in [1.54, 1.807) is 0 Å². The van der Waals surface area contributed by atoms with Gasteiger partial charge in [0.2, 0.25) is 10.0 Å². The van der Waals surface area contributed by atoms with Crippen molar-refractivity contribution < 1.29 is 13.5 Å². The molecular weight excluding hydrogens is 262 g/mol. The maximum atomic E-state index is 12.3. The quantitative estimate of drug-likeness (QED) is 0.743. The molecule has 0 unspecified atom stereocenters. The van der Waals surface area contributed by atoms with Gasteiger partial charge in [-0.25, -0.2) is 8.42 Å². The summed E-state index contributed by atoms with van der Waals surface area (Å²) in [6.45, 7) is 4.20. The van der Waals surface area contributed by atoms with Crippen LogP contribution in [0.4, 0.5) is 0 Å². The first kappa shape index (κ1) is 16.1. The highest BCUT2D eigenvalue weighted by atomic mass is 32.2. The third-order valence-electron chi connectivity index (χ3n) is 2.92. The number of hydrogen-bond donors (Lipinski definition) is 1. The highest BCUT2D eigenvalue weighted by Gasteiger charge is 2.24. The number of unbranched alkanes of at least 4 members (excludes halogenated alkanes) is 1. The van der Waals surface area contributed by atoms with E-state index in [4.69, 9.17) is 5.11 Å². The number of aliphatic hydroxyl groups excluding tert-OH is 1. The van der Waals surface area contributed by atoms with Gasteiger partial charge >= 0.3 is 0 Å². The number of aliphatic hydroxyl groups is 1. The summed E-state index contributed by atoms with van der Waals surface area (Å²) in [5.74, 6) is 0.0958. The number of benzene rings is 1. The van der Waals surface area contributed by atoms with Crippen LogP contribution in [0.3, 0.4) is 0 Å². The van der Waals surface area contributed by atoms with Crippen molar-refractivity contribution in [3.63, 3.8) is 0 Å². The Morgan fingerprint density at radius 2 is 1.79 bits per heavy atom. The summed E-state index contributed by atoms with van der Waals surface area (Å²) in [6, 6.07) is 9.52. The summed E-state index contributed by atoms with van der Waals surface area (Å²) in [5.41, 5.74) is 0.988. The molecule has 0 saturated heterocycles. The average Bonchev–Trinajstić information content (AvgIpc) is 2.37. The monoisotopic (exact) mass is 285 g/mol. The molecule has 0 aliphatic rings. The van der Waals surface area contributed by atoms with Crippen molar-refractivity contribution in [1.82, 2.24) is 4.31 Å². The Morgan fingerprint density at radius 3 is 2.32 bits per heavy atom. The van der Waals surface area contributed by atoms with Crippen molar-refractivity contribution in [1.29, 1.82) is 0 Å². The van der Waals surface area contributed by atoms with Gasteiger partial charge in [0.05, 0.1) is 5.75 Å². The molecule has 0 bridgehead atoms. The van der Waals surface area contributed by atoms with Gasteiger partial charge in [0.25, 0.3) is 0 Å². The third kappa shape index (κ3) is 5.30. The summed E-state index contributed by atoms with van der Waals surface area (Å²) >= 11 is 0. The van der Waals surface area contributed by atoms with E-state index < -0.39 is 10.0 Å². The molecule has 4 nitrogen and oxygen atoms in total. The Kier molecular flexibility index (Phi) is 6.48. The maximum Gasteiger partial charge on any atom is 0.214 e. The normalized spacial score (nSPS) is 12.3. The van der Waals surface area contributed by atoms with Crippen molar-refractivity contribution >= 4 is 10.0 Å². The molecule has 0 aliphatic heterocycles. The summed E-state index contributed by atoms with van der Waals surface area (Å²) in [7, 11) is -3.27. The fraction of sp³-hybridized carbons (Fsp3) is 0.571. The van der Waals surface area contributed by atoms with Gasteiger partial charge in [0.1, 0.15) is 0 Å². The van der Waals surface area contributed by atoms with Crippen LogP contribution in [0.15, 0.2) is 30.3 Å². The second kappa shape index (κ2) is 7.62. The zero-order chi connectivity index (χ0) is 14.3. The molecular formula is C14H23NO3S. The van der Waals surface area contributed by atoms with Gasteiger partial charge in [-0.2, -0.15) is 4.31 Å². The molecule has 1 aromatic rings. The lowest BCUT2D eigenvalue weighted by molar-refractivity contribution is 0.286. The van der Waals surface area contributed by atoms with Crippen LogP contribution in [0.5, 0.6) is 0 Å². The third-order valence-corrected chi connectivity index (χ3v) is 4.99. The number of hydrogen-bond acceptors (Lipinski definition) is 3. The predicted octanol–water partition coefficient (Wildman–Crippen LogP) is 2.00. The minimum absolute atomic E-state index is 0.0376. The topological polar surface area (TPSA) is 57.6 Å². The second-order valence-electron chi connectivity index (χ2n) is 4.87. The largest absolute Gasteiger partial charge is 0.396 e. The minimum Gasteiger partial charge on any atom is -0.396 e. The SMILES string of the molecule is CC(C)N(Cc1ccccc1)S(=O)(=O)CCCCO. The van der Waals surface area contributed by atoms with E-state index >= 15 is 0 Å². The van der Waals surface area contributed by atoms with Gasteiger partial charge in [0, 0.05) is 19.2 Å². The van der Waals surface area contributed by atoms with E-state index in [0.717, 1.165) is 5.56 Å². The highest BCUT2D eigenvalue weighted by molar-refractivity contribution is 7.89. The first-order chi connectivity index (χ1) is 8.97. The van der Waals surface area contributed by atoms with Crippen molar-refractivity contribution in [2.75, 3.05) is 12.4 Å². The Hall–Kier alpha value is -0.910. The number of nitrogens with zero attached hydrogens (tertiary/aromatic N) is 1. The molecule has 0 aromatic heterocycles. The van der Waals surface area contributed by atoms with Crippen LogP contribution >= 0.6 is 0 Å². The molecule has 0 fully saturated rings. The van der Waals surface area contributed by atoms with Crippen LogP contribution in [0.25, 0.3) is 0 Å². The fourth-order valence-electron chi connectivity index (χ4n) is 1.88. The van der Waals surface area contributed by atoms with E-state index in [1.165, 1.54) is 4.31 Å². The maximum absolute atomic E-state index is 12.3. The predicted molar refractivity (Wildman–Crippen MR) is 77.2 cm³/mol. The molecule has 0 spiro atoms. The molecule has 0 aliphatic carbocycles. The first-order valence-electron chi connectivity index (χ1n) is 6.61. The minimum atomic E-state index is -3.27. The smallest absolute Gasteiger partial charge is 0.214 e. The standard InChI is InChI=1S/C14H23NO3S/c1-13(2)15(12-14-8-4-3-5-9-14)19(17,18)11-7-6-10-16/h3-5,8-9,13,16H,6-7,10-12H2,1-2H3. The van der Waals surface area contributed by atoms with Crippen LogP contribution in [0.1, 0.15) is 32.3 Å². The van der Waals surface area contributed by atoms with E-state index in [1.807, 2.05) is 44.2 Å². The Bertz CT molecular complexity index is 457. The van der Waals surface area contributed by atoms with Gasteiger partial charge in [-0.15, -0.1) is 0 Å². The second-order valence-corrected chi connectivity index (χ2v) is 6.91. The van der Waals surface area contributed by atoms with Crippen LogP contribution in [0.2, 0.25) is 0 Å². The van der Waals surface area contributed by atoms with Gasteiger partial charge in [-0.05, 0) is 32.3 Å². The fourth-order valence-corrected chi connectivity index (χ4v) is 3.67. The van der Waals surface area contributed by atoms with Crippen LogP contribution in [-0.4, -0.2) is 36.2 Å². The summed E-state index contributed by atoms with van der Waals surface area (Å²) in [5, 5.41) is 8.74. The first-order valence-corrected chi connectivity index (χ1v) is 8.22. The number of rotatable bonds is 8. The molecule has 5 heteroatoms. The average molecular weight is 285 g/mol. The van der Waals surface area contributed by atoms with Crippen LogP contribution < -0.4 is 0 Å². The molecule has 0 atom stereocenters. The van der Waals surface area contributed by atoms with Gasteiger partial charge < -0.3 is 5.11 Å². The Morgan fingerprint density at radius 1 is 1.16 bits per heavy atom. The molecule has 0 saturated carbocycles. The van der Waals surface area contributed by atoms with E-state index in [0.29, 0.717) is 19.4 Å². The van der Waals surface area contributed by atoms with Crippen molar-refractivity contribution in [2.24, 2.45) is 0 Å². The van der Waals surface area contributed by atoms with Gasteiger partial charge in [-0.1, -0.05) is 30.3 Å². The molecule has 0 amide bonds. The van der Waals surface area contributed by atoms with Crippen LogP contribution in [0, 0.1) is 0 Å². The number of sulfonamides is 1. The Labute approximate surface area is 116 Å². The Balaban J connectivity index is 2.77. The zero-order valence-electron chi connectivity index (χ0n) is 11.6. The van der Waals surface area contributed by atoms with E-state index in [9.17, 15) is 8.42 Å². The molecule has 1 aromatic carbocycles. The van der Waals surface area contributed by atoms with Crippen LogP contribution in [-0.2, 0) is 16.6 Å². The zero-order valence-corrected chi connectivity index (χ0v) is 12.4. The van der Waals surface area contributed by atoms with Crippen molar-refractivity contribution in [2.45, 2.75) is 39.3 Å². The molecule has 1 rings (SSSR count). The van der Waals surface area contributed by atoms with E-state index in [2.05, 4.69) is 0 Å².